The van der Waals surface area contributed by atoms with Crippen LogP contribution in [0.25, 0.3) is 0 Å². The Balaban J connectivity index is 3.41. The Morgan fingerprint density at radius 3 is 2.65 bits per heavy atom. The number of carbonyl (C=O) groups is 1. The SMILES string of the molecule is O=C(O)Cc1c(C(F)F)cnc([N+](=O)[O-])c1Br. The van der Waals surface area contributed by atoms with E-state index in [1.54, 1.807) is 0 Å². The molecule has 0 aliphatic carbocycles. The molecule has 9 heteroatoms. The lowest BCUT2D eigenvalue weighted by atomic mass is 10.1. The highest BCUT2D eigenvalue weighted by atomic mass is 79.9. The third-order valence-corrected chi connectivity index (χ3v) is 2.70. The summed E-state index contributed by atoms with van der Waals surface area (Å²) in [5.41, 5.74) is -0.973. The molecule has 0 atom stereocenters. The van der Waals surface area contributed by atoms with Crippen LogP contribution in [0.15, 0.2) is 10.7 Å². The third-order valence-electron chi connectivity index (χ3n) is 1.87. The minimum atomic E-state index is -2.95. The summed E-state index contributed by atoms with van der Waals surface area (Å²) in [6, 6.07) is 0. The molecule has 1 rings (SSSR count). The van der Waals surface area contributed by atoms with Crippen molar-refractivity contribution >= 4 is 27.7 Å². The molecule has 1 aromatic rings. The molecule has 1 heterocycles. The van der Waals surface area contributed by atoms with E-state index in [4.69, 9.17) is 5.11 Å². The molecule has 0 aliphatic rings. The van der Waals surface area contributed by atoms with Gasteiger partial charge < -0.3 is 15.2 Å². The molecule has 17 heavy (non-hydrogen) atoms. The van der Waals surface area contributed by atoms with E-state index >= 15 is 0 Å². The predicted octanol–water partition coefficient (Wildman–Crippen LogP) is 2.32. The number of halogens is 3. The van der Waals surface area contributed by atoms with Crippen LogP contribution in [0, 0.1) is 10.1 Å². The maximum absolute atomic E-state index is 12.6. The van der Waals surface area contributed by atoms with Crippen molar-refractivity contribution in [3.63, 3.8) is 0 Å². The second-order valence-electron chi connectivity index (χ2n) is 2.96. The normalized spacial score (nSPS) is 10.6. The van der Waals surface area contributed by atoms with Crippen LogP contribution in [0.4, 0.5) is 14.6 Å². The van der Waals surface area contributed by atoms with Gasteiger partial charge in [-0.2, -0.15) is 0 Å². The highest BCUT2D eigenvalue weighted by Crippen LogP contribution is 2.33. The first-order valence-corrected chi connectivity index (χ1v) is 4.95. The maximum Gasteiger partial charge on any atom is 0.378 e. The van der Waals surface area contributed by atoms with E-state index in [0.29, 0.717) is 6.20 Å². The van der Waals surface area contributed by atoms with Gasteiger partial charge in [0.1, 0.15) is 10.7 Å². The van der Waals surface area contributed by atoms with Gasteiger partial charge in [0.25, 0.3) is 6.43 Å². The van der Waals surface area contributed by atoms with E-state index in [2.05, 4.69) is 20.9 Å². The van der Waals surface area contributed by atoms with Gasteiger partial charge in [-0.25, -0.2) is 8.78 Å². The molecule has 0 spiro atoms. The zero-order valence-corrected chi connectivity index (χ0v) is 9.65. The van der Waals surface area contributed by atoms with Crippen LogP contribution in [0.2, 0.25) is 0 Å². The molecule has 0 amide bonds. The molecule has 0 saturated carbocycles. The first kappa shape index (κ1) is 13.4. The number of aliphatic carboxylic acids is 1. The molecule has 0 unspecified atom stereocenters. The Bertz CT molecular complexity index is 481. The third kappa shape index (κ3) is 2.93. The van der Waals surface area contributed by atoms with Crippen molar-refractivity contribution < 1.29 is 23.6 Å². The molecule has 92 valence electrons. The van der Waals surface area contributed by atoms with Gasteiger partial charge in [-0.15, -0.1) is 0 Å². The first-order chi connectivity index (χ1) is 7.84. The van der Waals surface area contributed by atoms with Gasteiger partial charge in [0, 0.05) is 0 Å². The molecule has 0 saturated heterocycles. The standard InChI is InChI=1S/C8H5BrF2N2O4/c9-6-3(1-5(14)15)4(7(10)11)2-12-8(6)13(16)17/h2,7H,1H2,(H,14,15). The Hall–Kier alpha value is -1.64. The number of alkyl halides is 2. The Morgan fingerprint density at radius 2 is 2.24 bits per heavy atom. The fourth-order valence-electron chi connectivity index (χ4n) is 1.17. The van der Waals surface area contributed by atoms with E-state index in [9.17, 15) is 23.7 Å². The van der Waals surface area contributed by atoms with Gasteiger partial charge in [-0.1, -0.05) is 0 Å². The number of nitrogens with zero attached hydrogens (tertiary/aromatic N) is 2. The number of rotatable bonds is 4. The van der Waals surface area contributed by atoms with Gasteiger partial charge in [0.05, 0.1) is 12.0 Å². The van der Waals surface area contributed by atoms with E-state index in [0.717, 1.165) is 0 Å². The summed E-state index contributed by atoms with van der Waals surface area (Å²) in [5, 5.41) is 19.1. The number of hydrogen-bond donors (Lipinski definition) is 1. The fourth-order valence-corrected chi connectivity index (χ4v) is 1.79. The van der Waals surface area contributed by atoms with E-state index in [1.165, 1.54) is 0 Å². The number of pyridine rings is 1. The lowest BCUT2D eigenvalue weighted by Gasteiger charge is -2.07. The molecule has 0 aromatic carbocycles. The number of carboxylic acid groups (broad SMARTS) is 1. The number of aromatic nitrogens is 1. The number of carboxylic acids is 1. The lowest BCUT2D eigenvalue weighted by Crippen LogP contribution is -2.08. The minimum absolute atomic E-state index is 0.331. The lowest BCUT2D eigenvalue weighted by molar-refractivity contribution is -0.390. The van der Waals surface area contributed by atoms with Crippen LogP contribution in [-0.4, -0.2) is 21.0 Å². The maximum atomic E-state index is 12.6. The van der Waals surface area contributed by atoms with Gasteiger partial charge in [0.15, 0.2) is 0 Å². The van der Waals surface area contributed by atoms with Gasteiger partial charge in [-0.05, 0) is 31.4 Å². The highest BCUT2D eigenvalue weighted by Gasteiger charge is 2.26. The number of nitro groups is 1. The Morgan fingerprint density at radius 1 is 1.65 bits per heavy atom. The minimum Gasteiger partial charge on any atom is -0.481 e. The van der Waals surface area contributed by atoms with Gasteiger partial charge in [0.2, 0.25) is 0 Å². The van der Waals surface area contributed by atoms with Crippen LogP contribution < -0.4 is 0 Å². The van der Waals surface area contributed by atoms with Crippen LogP contribution in [0.5, 0.6) is 0 Å². The van der Waals surface area contributed by atoms with Crippen LogP contribution >= 0.6 is 15.9 Å². The van der Waals surface area contributed by atoms with E-state index < -0.39 is 35.1 Å². The first-order valence-electron chi connectivity index (χ1n) is 4.16. The number of hydrogen-bond acceptors (Lipinski definition) is 4. The second-order valence-corrected chi connectivity index (χ2v) is 3.75. The molecule has 0 bridgehead atoms. The summed E-state index contributed by atoms with van der Waals surface area (Å²) in [7, 11) is 0. The monoisotopic (exact) mass is 310 g/mol. The predicted molar refractivity (Wildman–Crippen MR) is 54.9 cm³/mol. The molecule has 1 aromatic heterocycles. The van der Waals surface area contributed by atoms with Crippen molar-refractivity contribution in [3.05, 3.63) is 31.9 Å². The van der Waals surface area contributed by atoms with Crippen molar-refractivity contribution in [2.24, 2.45) is 0 Å². The summed E-state index contributed by atoms with van der Waals surface area (Å²) in [5.74, 6) is -2.06. The smallest absolute Gasteiger partial charge is 0.378 e. The van der Waals surface area contributed by atoms with Gasteiger partial charge >= 0.3 is 11.8 Å². The van der Waals surface area contributed by atoms with Crippen LogP contribution in [-0.2, 0) is 11.2 Å². The zero-order valence-electron chi connectivity index (χ0n) is 8.06. The molecule has 0 radical (unpaired) electrons. The van der Waals surface area contributed by atoms with Crippen molar-refractivity contribution in [1.82, 2.24) is 4.98 Å². The molecule has 1 N–H and O–H groups in total. The summed E-state index contributed by atoms with van der Waals surface area (Å²) >= 11 is 2.73. The summed E-state index contributed by atoms with van der Waals surface area (Å²) in [6.07, 6.45) is -3.08. The largest absolute Gasteiger partial charge is 0.481 e. The highest BCUT2D eigenvalue weighted by molar-refractivity contribution is 9.10. The molecule has 0 fully saturated rings. The topological polar surface area (TPSA) is 93.3 Å². The molecular formula is C8H5BrF2N2O4. The van der Waals surface area contributed by atoms with E-state index in [-0.39, 0.29) is 10.0 Å². The van der Waals surface area contributed by atoms with Crippen molar-refractivity contribution in [1.29, 1.82) is 0 Å². The fraction of sp³-hybridized carbons (Fsp3) is 0.250. The quantitative estimate of drug-likeness (QED) is 0.680. The average Bonchev–Trinajstić information content (AvgIpc) is 2.19. The van der Waals surface area contributed by atoms with Crippen molar-refractivity contribution in [2.45, 2.75) is 12.8 Å². The molecular weight excluding hydrogens is 306 g/mol. The Kier molecular flexibility index (Phi) is 4.05. The molecule has 0 aliphatic heterocycles. The average molecular weight is 311 g/mol. The Labute approximate surface area is 102 Å². The molecule has 6 nitrogen and oxygen atoms in total. The van der Waals surface area contributed by atoms with Crippen LogP contribution in [0.3, 0.4) is 0 Å². The van der Waals surface area contributed by atoms with Crippen molar-refractivity contribution in [2.75, 3.05) is 0 Å². The van der Waals surface area contributed by atoms with E-state index in [1.807, 2.05) is 0 Å². The summed E-state index contributed by atoms with van der Waals surface area (Å²) in [4.78, 5) is 23.4. The van der Waals surface area contributed by atoms with Crippen LogP contribution in [0.1, 0.15) is 17.6 Å². The summed E-state index contributed by atoms with van der Waals surface area (Å²) < 4.78 is 24.8. The second kappa shape index (κ2) is 5.13. The van der Waals surface area contributed by atoms with Crippen molar-refractivity contribution in [3.8, 4) is 0 Å². The van der Waals surface area contributed by atoms with Gasteiger partial charge in [-0.3, -0.25) is 4.79 Å². The summed E-state index contributed by atoms with van der Waals surface area (Å²) in [6.45, 7) is 0. The zero-order chi connectivity index (χ0) is 13.2.